The van der Waals surface area contributed by atoms with E-state index in [1.54, 1.807) is 64.4 Å². The number of benzene rings is 3. The van der Waals surface area contributed by atoms with Gasteiger partial charge in [0.15, 0.2) is 0 Å². The maximum absolute atomic E-state index is 13.7. The number of rotatable bonds is 12. The minimum atomic E-state index is -1.95. The molecule has 22 heteroatoms. The molecule has 2 aromatic rings. The zero-order valence-corrected chi connectivity index (χ0v) is 42.9. The number of nitrogens with one attached hydrogen (secondary N) is 1. The number of β-amino-alcohol motifs (C(OH)–C–C–N with tert-alkyl or cyclic N) is 2. The third-order valence-corrected chi connectivity index (χ3v) is 37.7. The van der Waals surface area contributed by atoms with Crippen molar-refractivity contribution in [3.8, 4) is 28.2 Å². The maximum atomic E-state index is 13.7. The number of aromatic carboxylic acids is 1. The van der Waals surface area contributed by atoms with Crippen molar-refractivity contribution < 1.29 is 84.6 Å². The van der Waals surface area contributed by atoms with Crippen molar-refractivity contribution in [1.29, 1.82) is 0 Å². The van der Waals surface area contributed by atoms with Crippen LogP contribution in [-0.4, -0.2) is 186 Å². The Labute approximate surface area is 414 Å². The molecule has 4 N–H and O–H groups in total. The molecule has 7 rings (SSSR count). The van der Waals surface area contributed by atoms with Gasteiger partial charge >= 0.3 is 292 Å². The molecule has 4 heterocycles. The molecule has 1 radical (unpaired) electrons. The van der Waals surface area contributed by atoms with Gasteiger partial charge in [-0.25, -0.2) is 0 Å². The van der Waals surface area contributed by atoms with E-state index >= 15 is 0 Å². The van der Waals surface area contributed by atoms with Crippen molar-refractivity contribution in [2.24, 2.45) is 0 Å². The van der Waals surface area contributed by atoms with Crippen molar-refractivity contribution in [1.82, 2.24) is 19.6 Å². The summed E-state index contributed by atoms with van der Waals surface area (Å²) in [4.78, 5) is 48.2. The van der Waals surface area contributed by atoms with Gasteiger partial charge in [-0.1, -0.05) is 0 Å². The molecule has 0 spiro atoms. The smallest absolute Gasteiger partial charge is 0.830 e. The summed E-state index contributed by atoms with van der Waals surface area (Å²) < 4.78 is 8.03. The Bertz CT molecular complexity index is 2190. The summed E-state index contributed by atoms with van der Waals surface area (Å²) in [6.07, 6.45) is -3.59. The molecule has 62 heavy (non-hydrogen) atoms. The SMILES string of the molecule is [CH2-]CN1CCN(CC([O-])O)CCN(CC(=O)Nc2ccc(-c3c4ccc(=O)c([As]5SCCS5)c-4oc4c([As]5SCCS5)c([O-])ccc34)c(C(=O)O)c2)CCN(CC([O-])O)CC1.[Gd+3]. The summed E-state index contributed by atoms with van der Waals surface area (Å²) in [5.41, 5.74) is 1.96. The number of nitrogens with zero attached hydrogens (tertiary/aromatic N) is 4. The van der Waals surface area contributed by atoms with E-state index in [2.05, 4.69) is 17.1 Å². The Morgan fingerprint density at radius 1 is 0.774 bits per heavy atom. The fraction of sp³-hybridized carbons (Fsp3) is 0.450. The Kier molecular flexibility index (Phi) is 19.6. The van der Waals surface area contributed by atoms with Crippen LogP contribution in [0.15, 0.2) is 51.7 Å². The predicted octanol–water partition coefficient (Wildman–Crippen LogP) is -0.961. The van der Waals surface area contributed by atoms with Gasteiger partial charge < -0.3 is 32.2 Å². The molecule has 3 fully saturated rings. The van der Waals surface area contributed by atoms with Gasteiger partial charge in [0.25, 0.3) is 0 Å². The van der Waals surface area contributed by atoms with E-state index in [1.807, 2.05) is 14.7 Å². The van der Waals surface area contributed by atoms with Gasteiger partial charge in [0, 0.05) is 65.4 Å². The quantitative estimate of drug-likeness (QED) is 0.0581. The Hall–Kier alpha value is -0.608. The first-order valence-electron chi connectivity index (χ1n) is 19.8. The Morgan fingerprint density at radius 3 is 1.85 bits per heavy atom. The number of carboxylic acids is 1. The number of anilines is 1. The van der Waals surface area contributed by atoms with E-state index in [-0.39, 0.29) is 82.0 Å². The number of carboxylic acid groups (broad SMARTS) is 1. The van der Waals surface area contributed by atoms with Crippen LogP contribution in [0.5, 0.6) is 5.75 Å². The van der Waals surface area contributed by atoms with Gasteiger partial charge in [-0.2, -0.15) is 0 Å². The van der Waals surface area contributed by atoms with Gasteiger partial charge in [-0.15, -0.1) is 6.54 Å². The normalized spacial score (nSPS) is 19.6. The van der Waals surface area contributed by atoms with E-state index in [0.29, 0.717) is 101 Å². The van der Waals surface area contributed by atoms with Crippen LogP contribution in [0.1, 0.15) is 10.4 Å². The number of hydrogen-bond donors (Lipinski definition) is 4. The minimum absolute atomic E-state index is 0. The molecule has 2 aromatic carbocycles. The van der Waals surface area contributed by atoms with Crippen molar-refractivity contribution in [3.05, 3.63) is 65.2 Å². The largest absolute Gasteiger partial charge is 3.00 e. The summed E-state index contributed by atoms with van der Waals surface area (Å²) in [5, 5.41) is 70.7. The van der Waals surface area contributed by atoms with Crippen LogP contribution >= 0.6 is 40.1 Å². The molecule has 1 amide bonds. The Balaban J connectivity index is 0.00000641. The fourth-order valence-corrected chi connectivity index (χ4v) is 37.1. The first kappa shape index (κ1) is 50.8. The van der Waals surface area contributed by atoms with E-state index in [4.69, 9.17) is 4.42 Å². The average Bonchev–Trinajstić information content (AvgIpc) is 3.96. The van der Waals surface area contributed by atoms with Gasteiger partial charge in [-0.05, 0) is 12.6 Å². The number of aliphatic hydroxyl groups is 2. The van der Waals surface area contributed by atoms with Crippen LogP contribution in [-0.2, 0) is 4.79 Å². The molecule has 15 nitrogen and oxygen atoms in total. The summed E-state index contributed by atoms with van der Waals surface area (Å²) in [7, 11) is 7.20. The van der Waals surface area contributed by atoms with Gasteiger partial charge in [-0.3, -0.25) is 9.80 Å². The topological polar surface area (TPSA) is 219 Å². The third kappa shape index (κ3) is 12.7. The van der Waals surface area contributed by atoms with Gasteiger partial charge in [0.1, 0.15) is 0 Å². The number of aliphatic hydroxyl groups excluding tert-OH is 2. The number of carbonyl (C=O) groups excluding carboxylic acids is 1. The van der Waals surface area contributed by atoms with E-state index in [1.165, 1.54) is 18.2 Å². The second-order valence-electron chi connectivity index (χ2n) is 14.6. The van der Waals surface area contributed by atoms with Gasteiger partial charge in [0.05, 0.1) is 0 Å². The van der Waals surface area contributed by atoms with Gasteiger partial charge in [0.2, 0.25) is 0 Å². The maximum Gasteiger partial charge on any atom is 3.00 e. The van der Waals surface area contributed by atoms with Crippen LogP contribution < -0.4 is 34.8 Å². The second kappa shape index (κ2) is 23.9. The van der Waals surface area contributed by atoms with Crippen LogP contribution in [0.2, 0.25) is 0 Å². The van der Waals surface area contributed by atoms with Crippen molar-refractivity contribution in [2.45, 2.75) is 12.6 Å². The molecule has 0 aromatic heterocycles. The van der Waals surface area contributed by atoms with E-state index in [9.17, 15) is 45.0 Å². The summed E-state index contributed by atoms with van der Waals surface area (Å²) >= 11 is -3.90. The number of hydrogen-bond acceptors (Lipinski definition) is 17. The third-order valence-electron chi connectivity index (χ3n) is 10.5. The molecule has 2 atom stereocenters. The van der Waals surface area contributed by atoms with Crippen LogP contribution in [0.4, 0.5) is 5.69 Å². The molecule has 1 aliphatic carbocycles. The summed E-state index contributed by atoms with van der Waals surface area (Å²) in [6.45, 7) is 7.72. The molecule has 0 saturated carbocycles. The van der Waals surface area contributed by atoms with E-state index < -0.39 is 49.1 Å². The number of fused-ring (bicyclic) bond motifs is 2. The standard InChI is InChI=1S/C40H48As2N5O10S4.Gd/c1-2-44-9-11-46(23-33(51)52)15-13-45(14-16-47(12-10-44)24-34(53)54)22-32(50)43-25-3-4-26(29(21-25)40(55)56)35-27-5-7-30(48)36(41-58-17-18-59-41)38(27)57-39-28(35)6-8-31(49)37(39)42-60-19-20-61-42;/h3-8,21,33-34,48,51,53H,1-2,9-20,22-24H2,(H,43,50)(H,55,56);/q-3;+3/p-1. The molecular weight excluding hydrogens is 1150 g/mol. The van der Waals surface area contributed by atoms with Crippen molar-refractivity contribution >= 4 is 102 Å². The van der Waals surface area contributed by atoms with Crippen LogP contribution in [0.25, 0.3) is 33.4 Å². The molecule has 5 aliphatic rings. The number of amides is 1. The summed E-state index contributed by atoms with van der Waals surface area (Å²) in [5.74, 6) is 2.35. The van der Waals surface area contributed by atoms with Crippen molar-refractivity contribution in [2.75, 3.05) is 107 Å². The molecule has 3 saturated heterocycles. The van der Waals surface area contributed by atoms with Crippen LogP contribution in [0, 0.1) is 46.9 Å². The molecule has 335 valence electrons. The second-order valence-corrected chi connectivity index (χ2v) is 37.8. The summed E-state index contributed by atoms with van der Waals surface area (Å²) in [6, 6.07) is 11.2. The molecule has 2 unspecified atom stereocenters. The molecular formula is C40H47As2GdN5O10S4-. The van der Waals surface area contributed by atoms with Crippen molar-refractivity contribution in [3.63, 3.8) is 0 Å². The minimum Gasteiger partial charge on any atom is -0.830 e. The zero-order chi connectivity index (χ0) is 43.2. The fourth-order valence-electron chi connectivity index (χ4n) is 7.59. The monoisotopic (exact) mass is 1190 g/mol. The van der Waals surface area contributed by atoms with E-state index in [0.717, 1.165) is 23.0 Å². The first-order valence-corrected chi connectivity index (χ1v) is 34.6. The zero-order valence-electron chi connectivity index (χ0n) is 33.6. The molecule has 0 bridgehead atoms. The molecule has 4 aliphatic heterocycles. The Morgan fingerprint density at radius 2 is 1.31 bits per heavy atom. The number of carbonyl (C=O) groups is 2. The first-order chi connectivity index (χ1) is 29.4. The predicted molar refractivity (Wildman–Crippen MR) is 243 cm³/mol. The average molecular weight is 1190 g/mol. The van der Waals surface area contributed by atoms with Crippen LogP contribution in [0.3, 0.4) is 0 Å².